The number of rotatable bonds is 4. The molecule has 3 aromatic carbocycles. The molecule has 0 unspecified atom stereocenters. The van der Waals surface area contributed by atoms with Crippen molar-refractivity contribution < 1.29 is 0 Å². The van der Waals surface area contributed by atoms with E-state index in [9.17, 15) is 0 Å². The Bertz CT molecular complexity index is 902. The molecule has 1 heteroatoms. The number of hydrogen-bond acceptors (Lipinski definition) is 1. The molecule has 0 aromatic heterocycles. The van der Waals surface area contributed by atoms with E-state index in [4.69, 9.17) is 0 Å². The third-order valence-electron chi connectivity index (χ3n) is 5.07. The molecule has 0 bridgehead atoms. The summed E-state index contributed by atoms with van der Waals surface area (Å²) < 4.78 is 0. The standard InChI is InChI=1S/C24H23N/c1-2-22-16-15-21(18-25(22)17-19-9-4-3-5-10-19)24-14-8-12-20-11-6-7-13-23(20)24/h2-14,18,22H,1,15-17H2/t22-/m0/s1. The van der Waals surface area contributed by atoms with Crippen LogP contribution in [0.2, 0.25) is 0 Å². The van der Waals surface area contributed by atoms with Crippen LogP contribution < -0.4 is 0 Å². The zero-order valence-electron chi connectivity index (χ0n) is 14.4. The van der Waals surface area contributed by atoms with Gasteiger partial charge in [0.1, 0.15) is 0 Å². The van der Waals surface area contributed by atoms with Gasteiger partial charge < -0.3 is 4.90 Å². The molecule has 124 valence electrons. The van der Waals surface area contributed by atoms with Crippen molar-refractivity contribution in [2.24, 2.45) is 0 Å². The summed E-state index contributed by atoms with van der Waals surface area (Å²) in [5.41, 5.74) is 4.12. The van der Waals surface area contributed by atoms with Crippen LogP contribution >= 0.6 is 0 Å². The van der Waals surface area contributed by atoms with Gasteiger partial charge in [0.15, 0.2) is 0 Å². The van der Waals surface area contributed by atoms with Crippen LogP contribution in [0.3, 0.4) is 0 Å². The summed E-state index contributed by atoms with van der Waals surface area (Å²) in [7, 11) is 0. The van der Waals surface area contributed by atoms with Gasteiger partial charge in [-0.15, -0.1) is 6.58 Å². The van der Waals surface area contributed by atoms with E-state index in [0.717, 1.165) is 19.4 Å². The molecule has 4 rings (SSSR count). The van der Waals surface area contributed by atoms with Crippen LogP contribution in [-0.4, -0.2) is 10.9 Å². The predicted molar refractivity (Wildman–Crippen MR) is 107 cm³/mol. The van der Waals surface area contributed by atoms with Crippen LogP contribution in [0.5, 0.6) is 0 Å². The van der Waals surface area contributed by atoms with E-state index in [2.05, 4.69) is 96.6 Å². The molecule has 0 N–H and O–H groups in total. The summed E-state index contributed by atoms with van der Waals surface area (Å²) in [4.78, 5) is 2.43. The minimum Gasteiger partial charge on any atom is -0.366 e. The fourth-order valence-electron chi connectivity index (χ4n) is 3.75. The number of benzene rings is 3. The summed E-state index contributed by atoms with van der Waals surface area (Å²) in [5, 5.41) is 2.65. The number of fused-ring (bicyclic) bond motifs is 1. The molecule has 0 amide bonds. The quantitative estimate of drug-likeness (QED) is 0.529. The molecule has 0 saturated heterocycles. The predicted octanol–water partition coefficient (Wildman–Crippen LogP) is 6.03. The molecule has 3 aromatic rings. The third kappa shape index (κ3) is 3.23. The van der Waals surface area contributed by atoms with Gasteiger partial charge in [-0.05, 0) is 40.3 Å². The van der Waals surface area contributed by atoms with E-state index in [1.807, 2.05) is 0 Å². The maximum Gasteiger partial charge on any atom is 0.0472 e. The van der Waals surface area contributed by atoms with Crippen molar-refractivity contribution in [3.05, 3.63) is 103 Å². The van der Waals surface area contributed by atoms with Gasteiger partial charge >= 0.3 is 0 Å². The Labute approximate surface area is 149 Å². The van der Waals surface area contributed by atoms with Gasteiger partial charge in [-0.2, -0.15) is 0 Å². The third-order valence-corrected chi connectivity index (χ3v) is 5.07. The molecule has 0 radical (unpaired) electrons. The normalized spacial score (nSPS) is 17.4. The lowest BCUT2D eigenvalue weighted by Gasteiger charge is -2.34. The molecule has 1 atom stereocenters. The van der Waals surface area contributed by atoms with Crippen molar-refractivity contribution in [3.8, 4) is 0 Å². The largest absolute Gasteiger partial charge is 0.366 e. The molecule has 1 aliphatic heterocycles. The van der Waals surface area contributed by atoms with Crippen molar-refractivity contribution in [2.45, 2.75) is 25.4 Å². The summed E-state index contributed by atoms with van der Waals surface area (Å²) in [6.45, 7) is 4.98. The number of hydrogen-bond donors (Lipinski definition) is 0. The topological polar surface area (TPSA) is 3.24 Å². The molecule has 0 fully saturated rings. The molecule has 1 nitrogen and oxygen atoms in total. The van der Waals surface area contributed by atoms with Gasteiger partial charge in [0.05, 0.1) is 0 Å². The van der Waals surface area contributed by atoms with Crippen molar-refractivity contribution >= 4 is 16.3 Å². The molecular weight excluding hydrogens is 302 g/mol. The van der Waals surface area contributed by atoms with Crippen molar-refractivity contribution in [1.82, 2.24) is 4.90 Å². The second kappa shape index (κ2) is 6.98. The first-order valence-electron chi connectivity index (χ1n) is 8.96. The Morgan fingerprint density at radius 1 is 0.920 bits per heavy atom. The van der Waals surface area contributed by atoms with Crippen molar-refractivity contribution in [3.63, 3.8) is 0 Å². The second-order valence-corrected chi connectivity index (χ2v) is 6.68. The summed E-state index contributed by atoms with van der Waals surface area (Å²) >= 11 is 0. The van der Waals surface area contributed by atoms with Gasteiger partial charge in [-0.3, -0.25) is 0 Å². The minimum atomic E-state index is 0.402. The van der Waals surface area contributed by atoms with Crippen LogP contribution in [0, 0.1) is 0 Å². The van der Waals surface area contributed by atoms with E-state index < -0.39 is 0 Å². The van der Waals surface area contributed by atoms with E-state index in [-0.39, 0.29) is 0 Å². The monoisotopic (exact) mass is 325 g/mol. The highest BCUT2D eigenvalue weighted by Gasteiger charge is 2.20. The zero-order chi connectivity index (χ0) is 17.1. The molecule has 0 saturated carbocycles. The fraction of sp³-hybridized carbons (Fsp3) is 0.167. The van der Waals surface area contributed by atoms with Crippen LogP contribution in [0.25, 0.3) is 16.3 Å². The fourth-order valence-corrected chi connectivity index (χ4v) is 3.75. The summed E-state index contributed by atoms with van der Waals surface area (Å²) in [5.74, 6) is 0. The lowest BCUT2D eigenvalue weighted by molar-refractivity contribution is 0.289. The molecule has 0 spiro atoms. The molecule has 1 aliphatic rings. The minimum absolute atomic E-state index is 0.402. The SMILES string of the molecule is C=C[C@H]1CCC(c2cccc3ccccc23)=CN1Cc1ccccc1. The van der Waals surface area contributed by atoms with Gasteiger partial charge in [-0.1, -0.05) is 78.9 Å². The smallest absolute Gasteiger partial charge is 0.0472 e. The van der Waals surface area contributed by atoms with Gasteiger partial charge in [0, 0.05) is 18.8 Å². The van der Waals surface area contributed by atoms with Gasteiger partial charge in [0.2, 0.25) is 0 Å². The van der Waals surface area contributed by atoms with Gasteiger partial charge in [0.25, 0.3) is 0 Å². The highest BCUT2D eigenvalue weighted by atomic mass is 15.1. The van der Waals surface area contributed by atoms with E-state index in [0.29, 0.717) is 6.04 Å². The Morgan fingerprint density at radius 3 is 2.52 bits per heavy atom. The Kier molecular flexibility index (Phi) is 4.39. The first-order valence-corrected chi connectivity index (χ1v) is 8.96. The summed E-state index contributed by atoms with van der Waals surface area (Å²) in [6, 6.07) is 26.3. The van der Waals surface area contributed by atoms with E-state index >= 15 is 0 Å². The van der Waals surface area contributed by atoms with Crippen molar-refractivity contribution in [2.75, 3.05) is 0 Å². The Morgan fingerprint density at radius 2 is 1.68 bits per heavy atom. The lowest BCUT2D eigenvalue weighted by Crippen LogP contribution is -2.31. The van der Waals surface area contributed by atoms with Crippen LogP contribution in [0.15, 0.2) is 91.7 Å². The zero-order valence-corrected chi connectivity index (χ0v) is 14.4. The number of allylic oxidation sites excluding steroid dienone is 1. The first-order chi connectivity index (χ1) is 12.3. The summed E-state index contributed by atoms with van der Waals surface area (Å²) in [6.07, 6.45) is 6.64. The maximum absolute atomic E-state index is 4.05. The first kappa shape index (κ1) is 15.7. The second-order valence-electron chi connectivity index (χ2n) is 6.68. The molecule has 0 aliphatic carbocycles. The van der Waals surface area contributed by atoms with E-state index in [1.165, 1.54) is 27.5 Å². The van der Waals surface area contributed by atoms with Crippen molar-refractivity contribution in [1.29, 1.82) is 0 Å². The maximum atomic E-state index is 4.05. The van der Waals surface area contributed by atoms with Crippen LogP contribution in [0.1, 0.15) is 24.0 Å². The highest BCUT2D eigenvalue weighted by Crippen LogP contribution is 2.33. The highest BCUT2D eigenvalue weighted by molar-refractivity contribution is 5.93. The Hall–Kier alpha value is -2.80. The van der Waals surface area contributed by atoms with Gasteiger partial charge in [-0.25, -0.2) is 0 Å². The van der Waals surface area contributed by atoms with Crippen LogP contribution in [0.4, 0.5) is 0 Å². The molecular formula is C24H23N. The van der Waals surface area contributed by atoms with E-state index in [1.54, 1.807) is 0 Å². The average Bonchev–Trinajstić information content (AvgIpc) is 2.68. The van der Waals surface area contributed by atoms with Crippen LogP contribution in [-0.2, 0) is 6.54 Å². The molecule has 25 heavy (non-hydrogen) atoms. The average molecular weight is 325 g/mol. The lowest BCUT2D eigenvalue weighted by atomic mass is 9.91. The number of nitrogens with zero attached hydrogens (tertiary/aromatic N) is 1. The molecule has 1 heterocycles. The Balaban J connectivity index is 1.72.